The molecule has 0 fully saturated rings. The summed E-state index contributed by atoms with van der Waals surface area (Å²) in [6, 6.07) is 20.6. The standard InChI is InChI=1S/C20H25NO2/c1-23-16-8-13-20(22)21-19(18-11-6-3-7-12-18)15-14-17-9-4-2-5-10-17/h2-7,9-12,19H,8,13-16H2,1H3,(H,21,22). The molecule has 0 saturated carbocycles. The molecule has 2 aromatic carbocycles. The highest BCUT2D eigenvalue weighted by Crippen LogP contribution is 2.19. The highest BCUT2D eigenvalue weighted by Gasteiger charge is 2.14. The van der Waals surface area contributed by atoms with Crippen LogP contribution in [0.25, 0.3) is 0 Å². The number of methoxy groups -OCH3 is 1. The van der Waals surface area contributed by atoms with E-state index in [0.29, 0.717) is 13.0 Å². The number of nitrogens with one attached hydrogen (secondary N) is 1. The van der Waals surface area contributed by atoms with E-state index in [0.717, 1.165) is 24.8 Å². The van der Waals surface area contributed by atoms with Crippen LogP contribution in [0.4, 0.5) is 0 Å². The topological polar surface area (TPSA) is 38.3 Å². The number of rotatable bonds is 9. The molecule has 3 heteroatoms. The van der Waals surface area contributed by atoms with Gasteiger partial charge in [0.05, 0.1) is 6.04 Å². The second-order valence-corrected chi connectivity index (χ2v) is 5.65. The highest BCUT2D eigenvalue weighted by molar-refractivity contribution is 5.76. The summed E-state index contributed by atoms with van der Waals surface area (Å²) in [7, 11) is 1.66. The molecule has 1 amide bonds. The number of amides is 1. The predicted octanol–water partition coefficient (Wildman–Crippen LogP) is 3.90. The third kappa shape index (κ3) is 6.25. The van der Waals surface area contributed by atoms with Crippen LogP contribution >= 0.6 is 0 Å². The fourth-order valence-electron chi connectivity index (χ4n) is 2.61. The molecule has 0 aliphatic rings. The van der Waals surface area contributed by atoms with E-state index in [2.05, 4.69) is 41.7 Å². The van der Waals surface area contributed by atoms with Gasteiger partial charge in [-0.05, 0) is 30.4 Å². The Kier molecular flexibility index (Phi) is 7.34. The Bertz CT molecular complexity index is 569. The maximum absolute atomic E-state index is 12.1. The number of carbonyl (C=O) groups is 1. The Hall–Kier alpha value is -2.13. The summed E-state index contributed by atoms with van der Waals surface area (Å²) in [5.74, 6) is 0.0870. The molecule has 0 spiro atoms. The van der Waals surface area contributed by atoms with Gasteiger partial charge in [-0.2, -0.15) is 0 Å². The second-order valence-electron chi connectivity index (χ2n) is 5.65. The fraction of sp³-hybridized carbons (Fsp3) is 0.350. The van der Waals surface area contributed by atoms with Crippen LogP contribution in [0.5, 0.6) is 0 Å². The van der Waals surface area contributed by atoms with Gasteiger partial charge in [-0.3, -0.25) is 4.79 Å². The molecule has 0 aliphatic heterocycles. The maximum Gasteiger partial charge on any atom is 0.220 e. The molecule has 2 aromatic rings. The van der Waals surface area contributed by atoms with Gasteiger partial charge >= 0.3 is 0 Å². The lowest BCUT2D eigenvalue weighted by atomic mass is 9.98. The Morgan fingerprint density at radius 3 is 2.35 bits per heavy atom. The molecule has 1 unspecified atom stereocenters. The molecule has 0 bridgehead atoms. The van der Waals surface area contributed by atoms with Crippen molar-refractivity contribution >= 4 is 5.91 Å². The first-order valence-corrected chi connectivity index (χ1v) is 8.17. The molecule has 122 valence electrons. The number of hydrogen-bond acceptors (Lipinski definition) is 2. The van der Waals surface area contributed by atoms with Gasteiger partial charge in [0.25, 0.3) is 0 Å². The molecule has 0 heterocycles. The molecule has 1 N–H and O–H groups in total. The van der Waals surface area contributed by atoms with Gasteiger partial charge < -0.3 is 10.1 Å². The lowest BCUT2D eigenvalue weighted by Gasteiger charge is -2.19. The average molecular weight is 311 g/mol. The summed E-state index contributed by atoms with van der Waals surface area (Å²) >= 11 is 0. The van der Waals surface area contributed by atoms with Gasteiger partial charge in [-0.25, -0.2) is 0 Å². The third-order valence-electron chi connectivity index (χ3n) is 3.85. The van der Waals surface area contributed by atoms with Crippen molar-refractivity contribution in [3.8, 4) is 0 Å². The zero-order valence-corrected chi connectivity index (χ0v) is 13.7. The minimum atomic E-state index is 0.0476. The monoisotopic (exact) mass is 311 g/mol. The Labute approximate surface area is 138 Å². The van der Waals surface area contributed by atoms with Crippen LogP contribution in [0.15, 0.2) is 60.7 Å². The summed E-state index contributed by atoms with van der Waals surface area (Å²) in [5, 5.41) is 3.17. The van der Waals surface area contributed by atoms with Gasteiger partial charge in [0.2, 0.25) is 5.91 Å². The molecule has 3 nitrogen and oxygen atoms in total. The molecule has 0 aliphatic carbocycles. The zero-order chi connectivity index (χ0) is 16.3. The normalized spacial score (nSPS) is 11.9. The minimum Gasteiger partial charge on any atom is -0.385 e. The van der Waals surface area contributed by atoms with Crippen molar-refractivity contribution in [1.29, 1.82) is 0 Å². The van der Waals surface area contributed by atoms with Crippen molar-refractivity contribution < 1.29 is 9.53 Å². The van der Waals surface area contributed by atoms with E-state index >= 15 is 0 Å². The highest BCUT2D eigenvalue weighted by atomic mass is 16.5. The molecule has 23 heavy (non-hydrogen) atoms. The first kappa shape index (κ1) is 17.2. The van der Waals surface area contributed by atoms with Crippen LogP contribution in [-0.2, 0) is 16.0 Å². The Balaban J connectivity index is 1.96. The van der Waals surface area contributed by atoms with Crippen molar-refractivity contribution in [2.75, 3.05) is 13.7 Å². The summed E-state index contributed by atoms with van der Waals surface area (Å²) < 4.78 is 5.01. The average Bonchev–Trinajstić information content (AvgIpc) is 2.60. The van der Waals surface area contributed by atoms with Gasteiger partial charge in [0.1, 0.15) is 0 Å². The molecule has 0 aromatic heterocycles. The van der Waals surface area contributed by atoms with Gasteiger partial charge in [0, 0.05) is 20.1 Å². The summed E-state index contributed by atoms with van der Waals surface area (Å²) in [6.45, 7) is 0.618. The van der Waals surface area contributed by atoms with Crippen LogP contribution < -0.4 is 5.32 Å². The van der Waals surface area contributed by atoms with E-state index in [1.807, 2.05) is 24.3 Å². The van der Waals surface area contributed by atoms with E-state index in [4.69, 9.17) is 4.74 Å². The summed E-state index contributed by atoms with van der Waals surface area (Å²) in [6.07, 6.45) is 3.09. The molecular formula is C20H25NO2. The zero-order valence-electron chi connectivity index (χ0n) is 13.7. The van der Waals surface area contributed by atoms with Gasteiger partial charge in [-0.15, -0.1) is 0 Å². The maximum atomic E-state index is 12.1. The third-order valence-corrected chi connectivity index (χ3v) is 3.85. The molecule has 2 rings (SSSR count). The van der Waals surface area contributed by atoms with Crippen LogP contribution in [-0.4, -0.2) is 19.6 Å². The van der Waals surface area contributed by atoms with Crippen LogP contribution in [0.2, 0.25) is 0 Å². The second kappa shape index (κ2) is 9.80. The number of hydrogen-bond donors (Lipinski definition) is 1. The van der Waals surface area contributed by atoms with Crippen molar-refractivity contribution in [1.82, 2.24) is 5.32 Å². The first-order chi connectivity index (χ1) is 11.3. The SMILES string of the molecule is COCCCC(=O)NC(CCc1ccccc1)c1ccccc1. The lowest BCUT2D eigenvalue weighted by Crippen LogP contribution is -2.29. The van der Waals surface area contributed by atoms with E-state index in [9.17, 15) is 4.79 Å². The number of carbonyl (C=O) groups excluding carboxylic acids is 1. The quantitative estimate of drug-likeness (QED) is 0.713. The van der Waals surface area contributed by atoms with E-state index in [1.165, 1.54) is 5.56 Å². The largest absolute Gasteiger partial charge is 0.385 e. The van der Waals surface area contributed by atoms with Crippen LogP contribution in [0.3, 0.4) is 0 Å². The van der Waals surface area contributed by atoms with Crippen molar-refractivity contribution in [3.05, 3.63) is 71.8 Å². The predicted molar refractivity (Wildman–Crippen MR) is 93.2 cm³/mol. The molecular weight excluding hydrogens is 286 g/mol. The number of ether oxygens (including phenoxy) is 1. The molecule has 0 radical (unpaired) electrons. The lowest BCUT2D eigenvalue weighted by molar-refractivity contribution is -0.122. The van der Waals surface area contributed by atoms with Crippen molar-refractivity contribution in [3.63, 3.8) is 0 Å². The first-order valence-electron chi connectivity index (χ1n) is 8.17. The minimum absolute atomic E-state index is 0.0476. The summed E-state index contributed by atoms with van der Waals surface area (Å²) in [4.78, 5) is 12.1. The van der Waals surface area contributed by atoms with E-state index in [1.54, 1.807) is 7.11 Å². The fourth-order valence-corrected chi connectivity index (χ4v) is 2.61. The smallest absolute Gasteiger partial charge is 0.220 e. The van der Waals surface area contributed by atoms with E-state index in [-0.39, 0.29) is 11.9 Å². The molecule has 0 saturated heterocycles. The number of benzene rings is 2. The van der Waals surface area contributed by atoms with Gasteiger partial charge in [0.15, 0.2) is 0 Å². The molecule has 1 atom stereocenters. The van der Waals surface area contributed by atoms with Gasteiger partial charge in [-0.1, -0.05) is 60.7 Å². The van der Waals surface area contributed by atoms with Crippen molar-refractivity contribution in [2.24, 2.45) is 0 Å². The van der Waals surface area contributed by atoms with Crippen LogP contribution in [0, 0.1) is 0 Å². The Morgan fingerprint density at radius 1 is 1.04 bits per heavy atom. The number of aryl methyl sites for hydroxylation is 1. The summed E-state index contributed by atoms with van der Waals surface area (Å²) in [5.41, 5.74) is 2.45. The van der Waals surface area contributed by atoms with E-state index < -0.39 is 0 Å². The van der Waals surface area contributed by atoms with Crippen molar-refractivity contribution in [2.45, 2.75) is 31.7 Å². The van der Waals surface area contributed by atoms with Crippen LogP contribution in [0.1, 0.15) is 36.4 Å². The Morgan fingerprint density at radius 2 is 1.70 bits per heavy atom.